The van der Waals surface area contributed by atoms with E-state index in [1.807, 2.05) is 62.5 Å². The highest BCUT2D eigenvalue weighted by molar-refractivity contribution is 7.99. The Labute approximate surface area is 328 Å². The molecule has 2 saturated heterocycles. The van der Waals surface area contributed by atoms with E-state index in [1.54, 1.807) is 16.7 Å². The quantitative estimate of drug-likeness (QED) is 0.210. The maximum atomic E-state index is 14.5. The molecular formula is C41H55N7O4S2. The van der Waals surface area contributed by atoms with E-state index in [-0.39, 0.29) is 59.1 Å². The van der Waals surface area contributed by atoms with Gasteiger partial charge >= 0.3 is 0 Å². The van der Waals surface area contributed by atoms with Crippen molar-refractivity contribution in [2.75, 3.05) is 12.8 Å². The second-order valence-corrected chi connectivity index (χ2v) is 18.3. The summed E-state index contributed by atoms with van der Waals surface area (Å²) in [6, 6.07) is 13.9. The van der Waals surface area contributed by atoms with E-state index in [1.165, 1.54) is 0 Å². The zero-order valence-electron chi connectivity index (χ0n) is 31.7. The maximum Gasteiger partial charge on any atom is 0.246 e. The number of nitrogens with two attached hydrogens (primary N) is 1. The van der Waals surface area contributed by atoms with Gasteiger partial charge in [0.15, 0.2) is 0 Å². The van der Waals surface area contributed by atoms with E-state index >= 15 is 0 Å². The first kappa shape index (κ1) is 38.7. The topological polar surface area (TPSA) is 158 Å². The van der Waals surface area contributed by atoms with Crippen LogP contribution >= 0.6 is 24.0 Å². The molecule has 2 aliphatic heterocycles. The Hall–Kier alpha value is -3.52. The van der Waals surface area contributed by atoms with Crippen LogP contribution in [-0.4, -0.2) is 81.9 Å². The molecule has 0 radical (unpaired) electrons. The van der Waals surface area contributed by atoms with Gasteiger partial charge in [0.05, 0.1) is 34.3 Å². The Bertz CT molecular complexity index is 1780. The lowest BCUT2D eigenvalue weighted by Crippen LogP contribution is -2.58. The number of nitrogens with one attached hydrogen (secondary N) is 5. The van der Waals surface area contributed by atoms with Crippen molar-refractivity contribution in [2.24, 2.45) is 23.0 Å². The minimum Gasteiger partial charge on any atom is -0.367 e. The zero-order valence-corrected chi connectivity index (χ0v) is 33.4. The number of nitrogens with zero attached hydrogens (tertiary/aromatic N) is 1. The van der Waals surface area contributed by atoms with Gasteiger partial charge in [-0.3, -0.25) is 19.2 Å². The molecule has 8 atom stereocenters. The van der Waals surface area contributed by atoms with Crippen LogP contribution in [0.1, 0.15) is 93.6 Å². The van der Waals surface area contributed by atoms with E-state index in [4.69, 9.17) is 18.0 Å². The van der Waals surface area contributed by atoms with Crippen molar-refractivity contribution in [3.05, 3.63) is 70.8 Å². The van der Waals surface area contributed by atoms with Gasteiger partial charge in [0.2, 0.25) is 23.6 Å². The summed E-state index contributed by atoms with van der Waals surface area (Å²) < 4.78 is 0. The minimum absolute atomic E-state index is 0.00403. The molecule has 3 aliphatic carbocycles. The zero-order chi connectivity index (χ0) is 38.3. The van der Waals surface area contributed by atoms with Crippen molar-refractivity contribution in [1.29, 1.82) is 0 Å². The van der Waals surface area contributed by atoms with Crippen molar-refractivity contribution in [3.8, 4) is 0 Å². The van der Waals surface area contributed by atoms with Crippen molar-refractivity contribution < 1.29 is 19.2 Å². The highest BCUT2D eigenvalue weighted by Crippen LogP contribution is 2.47. The maximum absolute atomic E-state index is 14.5. The fourth-order valence-corrected chi connectivity index (χ4v) is 11.2. The summed E-state index contributed by atoms with van der Waals surface area (Å²) in [6.07, 6.45) is 5.54. The smallest absolute Gasteiger partial charge is 0.246 e. The van der Waals surface area contributed by atoms with Crippen molar-refractivity contribution >= 4 is 52.6 Å². The SMILES string of the molecule is CN[C@@H](C)C(=S)N[C@H]1CCS[C@H]2CC(C)(C)[C@@H](C(=O)N[C@H]3c4ccccc4C[C@H]3C(=O)NC3CCC(NC(=O)[C@@H]4Cc5ccccc5[C@@H]4N)CC3)N2C1=O. The number of benzene rings is 2. The molecule has 2 aromatic rings. The third kappa shape index (κ3) is 7.66. The normalized spacial score (nSPS) is 31.7. The third-order valence-electron chi connectivity index (χ3n) is 12.6. The first-order valence-corrected chi connectivity index (χ1v) is 21.1. The number of carbonyl (C=O) groups is 4. The summed E-state index contributed by atoms with van der Waals surface area (Å²) in [6.45, 7) is 6.07. The number of thioether (sulfide) groups is 1. The standard InChI is InChI=1S/C41H55N7O4S2/c1-22(43-4)39(53)46-31-17-18-54-32-21-41(2,3)35(48(32)40(31)52)38(51)47-34-28-12-8-6-10-24(28)20-30(34)37(50)45-26-15-13-25(14-16-26)44-36(49)29-19-23-9-5-7-11-27(23)33(29)42/h5-12,22,25-26,29-35,43H,13-21,42H2,1-4H3,(H,44,49)(H,45,50)(H,46,53)(H,47,51)/t22-,25?,26?,29+,30+,31-,32-,33-,34-,35+/m0/s1. The molecule has 290 valence electrons. The van der Waals surface area contributed by atoms with E-state index in [9.17, 15) is 19.2 Å². The Kier molecular flexibility index (Phi) is 11.4. The predicted molar refractivity (Wildman–Crippen MR) is 215 cm³/mol. The van der Waals surface area contributed by atoms with Gasteiger partial charge in [-0.1, -0.05) is 74.6 Å². The summed E-state index contributed by atoms with van der Waals surface area (Å²) in [5.41, 5.74) is 10.2. The van der Waals surface area contributed by atoms with Gasteiger partial charge in [-0.15, -0.1) is 11.8 Å². The molecule has 54 heavy (non-hydrogen) atoms. The molecule has 5 aliphatic rings. The van der Waals surface area contributed by atoms with Gasteiger partial charge in [0.25, 0.3) is 0 Å². The molecule has 4 amide bonds. The number of fused-ring (bicyclic) bond motifs is 3. The summed E-state index contributed by atoms with van der Waals surface area (Å²) in [5.74, 6) is -0.393. The molecule has 7 rings (SSSR count). The molecular weight excluding hydrogens is 719 g/mol. The number of hydrogen-bond donors (Lipinski definition) is 6. The van der Waals surface area contributed by atoms with Crippen molar-refractivity contribution in [1.82, 2.24) is 31.5 Å². The van der Waals surface area contributed by atoms with Gasteiger partial charge in [-0.2, -0.15) is 0 Å². The molecule has 1 saturated carbocycles. The molecule has 0 bridgehead atoms. The van der Waals surface area contributed by atoms with Crippen LogP contribution in [-0.2, 0) is 32.0 Å². The van der Waals surface area contributed by atoms with Gasteiger partial charge < -0.3 is 37.2 Å². The first-order chi connectivity index (χ1) is 25.9. The van der Waals surface area contributed by atoms with Gasteiger partial charge in [-0.25, -0.2) is 0 Å². The Morgan fingerprint density at radius 1 is 0.833 bits per heavy atom. The average Bonchev–Trinajstić information content (AvgIpc) is 3.75. The molecule has 7 N–H and O–H groups in total. The molecule has 0 aromatic heterocycles. The molecule has 2 aromatic carbocycles. The lowest BCUT2D eigenvalue weighted by Gasteiger charge is -2.36. The van der Waals surface area contributed by atoms with Crippen LogP contribution in [0.2, 0.25) is 0 Å². The summed E-state index contributed by atoms with van der Waals surface area (Å²) >= 11 is 7.32. The molecule has 13 heteroatoms. The molecule has 11 nitrogen and oxygen atoms in total. The number of amides is 4. The summed E-state index contributed by atoms with van der Waals surface area (Å²) in [4.78, 5) is 58.5. The second kappa shape index (κ2) is 15.9. The second-order valence-electron chi connectivity index (χ2n) is 16.6. The number of thiocarbonyl (C=S) groups is 1. The van der Waals surface area contributed by atoms with Crippen LogP contribution in [0.25, 0.3) is 0 Å². The van der Waals surface area contributed by atoms with E-state index < -0.39 is 29.5 Å². The Morgan fingerprint density at radius 3 is 2.04 bits per heavy atom. The number of likely N-dealkylation sites (N-methyl/N-ethyl adjacent to an activating group) is 1. The predicted octanol–water partition coefficient (Wildman–Crippen LogP) is 3.42. The largest absolute Gasteiger partial charge is 0.367 e. The van der Waals surface area contributed by atoms with E-state index in [0.717, 1.165) is 53.7 Å². The molecule has 3 fully saturated rings. The van der Waals surface area contributed by atoms with Crippen LogP contribution in [0, 0.1) is 17.3 Å². The highest BCUT2D eigenvalue weighted by atomic mass is 32.2. The van der Waals surface area contributed by atoms with Crippen molar-refractivity contribution in [2.45, 2.75) is 120 Å². The van der Waals surface area contributed by atoms with Crippen LogP contribution in [0.15, 0.2) is 48.5 Å². The minimum atomic E-state index is -0.699. The molecule has 0 unspecified atom stereocenters. The van der Waals surface area contributed by atoms with Gasteiger partial charge in [0.1, 0.15) is 12.1 Å². The third-order valence-corrected chi connectivity index (χ3v) is 14.3. The van der Waals surface area contributed by atoms with E-state index in [2.05, 4.69) is 40.4 Å². The Balaban J connectivity index is 0.993. The van der Waals surface area contributed by atoms with Gasteiger partial charge in [-0.05, 0) is 98.8 Å². The number of hydrogen-bond acceptors (Lipinski definition) is 8. The van der Waals surface area contributed by atoms with Crippen LogP contribution in [0.4, 0.5) is 0 Å². The van der Waals surface area contributed by atoms with Crippen LogP contribution in [0.3, 0.4) is 0 Å². The van der Waals surface area contributed by atoms with Crippen LogP contribution in [0.5, 0.6) is 0 Å². The first-order valence-electron chi connectivity index (χ1n) is 19.6. The molecule has 0 spiro atoms. The van der Waals surface area contributed by atoms with Gasteiger partial charge in [0, 0.05) is 18.1 Å². The highest BCUT2D eigenvalue weighted by Gasteiger charge is 2.55. The number of carbonyl (C=O) groups excluding carboxylic acids is 4. The average molecular weight is 774 g/mol. The summed E-state index contributed by atoms with van der Waals surface area (Å²) in [5, 5.41) is 16.2. The summed E-state index contributed by atoms with van der Waals surface area (Å²) in [7, 11) is 1.83. The van der Waals surface area contributed by atoms with Crippen LogP contribution < -0.4 is 32.3 Å². The monoisotopic (exact) mass is 773 g/mol. The fraction of sp³-hybridized carbons (Fsp3) is 0.585. The van der Waals surface area contributed by atoms with Crippen molar-refractivity contribution in [3.63, 3.8) is 0 Å². The fourth-order valence-electron chi connectivity index (χ4n) is 9.41. The molecule has 2 heterocycles. The Morgan fingerprint density at radius 2 is 1.41 bits per heavy atom. The number of rotatable bonds is 9. The lowest BCUT2D eigenvalue weighted by atomic mass is 9.83. The van der Waals surface area contributed by atoms with E-state index in [0.29, 0.717) is 30.7 Å². The lowest BCUT2D eigenvalue weighted by molar-refractivity contribution is -0.143.